The van der Waals surface area contributed by atoms with Crippen LogP contribution in [0.25, 0.3) is 10.9 Å². The molecule has 3 aromatic rings. The Morgan fingerprint density at radius 3 is 2.30 bits per heavy atom. The maximum absolute atomic E-state index is 13.3. The highest BCUT2D eigenvalue weighted by Crippen LogP contribution is 2.29. The Bertz CT molecular complexity index is 1180. The lowest BCUT2D eigenvalue weighted by molar-refractivity contribution is 0.321. The van der Waals surface area contributed by atoms with E-state index in [1.807, 2.05) is 12.1 Å². The highest BCUT2D eigenvalue weighted by molar-refractivity contribution is 7.90. The molecule has 0 aliphatic heterocycles. The van der Waals surface area contributed by atoms with Gasteiger partial charge < -0.3 is 5.21 Å². The fraction of sp³-hybridized carbons (Fsp3) is 0.150. The first-order valence-electron chi connectivity index (χ1n) is 8.40. The van der Waals surface area contributed by atoms with Gasteiger partial charge in [0.1, 0.15) is 8.07 Å². The van der Waals surface area contributed by atoms with Gasteiger partial charge in [0.2, 0.25) is 0 Å². The van der Waals surface area contributed by atoms with Crippen molar-refractivity contribution in [2.45, 2.75) is 24.5 Å². The van der Waals surface area contributed by atoms with Crippen molar-refractivity contribution < 1.29 is 13.6 Å². The summed E-state index contributed by atoms with van der Waals surface area (Å²) >= 11 is 0. The summed E-state index contributed by atoms with van der Waals surface area (Å²) in [4.78, 5) is 0.156. The average molecular weight is 397 g/mol. The lowest BCUT2D eigenvalue weighted by Gasteiger charge is -2.09. The van der Waals surface area contributed by atoms with Crippen LogP contribution < -0.4 is 0 Å². The highest BCUT2D eigenvalue weighted by Gasteiger charge is 2.25. The van der Waals surface area contributed by atoms with E-state index in [4.69, 9.17) is 0 Å². The third-order valence-electron chi connectivity index (χ3n) is 3.89. The molecule has 0 unspecified atom stereocenters. The van der Waals surface area contributed by atoms with E-state index < -0.39 is 18.1 Å². The van der Waals surface area contributed by atoms with Gasteiger partial charge >= 0.3 is 0 Å². The standard InChI is InChI=1S/C20H20N2O3SSi/c1-27(2,3)14-13-18-17-11-7-8-12-19(17)22(20(18)15-21-23)26(24,25)16-9-5-4-6-10-16/h4-12,15,23H,1-3H3/b21-15+. The molecule has 0 aliphatic rings. The molecule has 0 bridgehead atoms. The van der Waals surface area contributed by atoms with Gasteiger partial charge in [-0.15, -0.1) is 5.54 Å². The molecular weight excluding hydrogens is 376 g/mol. The van der Waals surface area contributed by atoms with E-state index in [0.29, 0.717) is 16.5 Å². The van der Waals surface area contributed by atoms with Crippen molar-refractivity contribution in [3.8, 4) is 11.5 Å². The number of fused-ring (bicyclic) bond motifs is 1. The predicted molar refractivity (Wildman–Crippen MR) is 111 cm³/mol. The van der Waals surface area contributed by atoms with Gasteiger partial charge in [-0.05, 0) is 18.2 Å². The van der Waals surface area contributed by atoms with Crippen molar-refractivity contribution in [2.75, 3.05) is 0 Å². The van der Waals surface area contributed by atoms with Crippen LogP contribution in [0.4, 0.5) is 0 Å². The number of oxime groups is 1. The second-order valence-electron chi connectivity index (χ2n) is 7.10. The molecule has 0 fully saturated rings. The second-order valence-corrected chi connectivity index (χ2v) is 13.6. The average Bonchev–Trinajstić information content (AvgIpc) is 2.94. The Kier molecular flexibility index (Phi) is 4.96. The minimum absolute atomic E-state index is 0.156. The van der Waals surface area contributed by atoms with E-state index >= 15 is 0 Å². The Labute approximate surface area is 160 Å². The fourth-order valence-corrected chi connectivity index (χ4v) is 4.77. The number of hydrogen-bond acceptors (Lipinski definition) is 4. The molecule has 138 valence electrons. The van der Waals surface area contributed by atoms with Gasteiger partial charge in [-0.3, -0.25) is 0 Å². The number of hydrogen-bond donors (Lipinski definition) is 1. The smallest absolute Gasteiger partial charge is 0.268 e. The van der Waals surface area contributed by atoms with Gasteiger partial charge in [0.15, 0.2) is 0 Å². The topological polar surface area (TPSA) is 71.7 Å². The summed E-state index contributed by atoms with van der Waals surface area (Å²) in [6, 6.07) is 15.3. The first kappa shape index (κ1) is 19.0. The number of nitrogens with zero attached hydrogens (tertiary/aromatic N) is 2. The minimum Gasteiger partial charge on any atom is -0.411 e. The second kappa shape index (κ2) is 7.06. The lowest BCUT2D eigenvalue weighted by Crippen LogP contribution is -2.17. The molecule has 7 heteroatoms. The quantitative estimate of drug-likeness (QED) is 0.240. The first-order valence-corrected chi connectivity index (χ1v) is 13.3. The van der Waals surface area contributed by atoms with Gasteiger partial charge in [0.25, 0.3) is 10.0 Å². The van der Waals surface area contributed by atoms with Crippen LogP contribution >= 0.6 is 0 Å². The molecule has 0 aliphatic carbocycles. The molecule has 1 heterocycles. The number of aromatic nitrogens is 1. The zero-order valence-electron chi connectivity index (χ0n) is 15.3. The van der Waals surface area contributed by atoms with E-state index in [1.165, 1.54) is 16.1 Å². The van der Waals surface area contributed by atoms with Crippen molar-refractivity contribution in [2.24, 2.45) is 5.16 Å². The van der Waals surface area contributed by atoms with Crippen LogP contribution in [-0.2, 0) is 10.0 Å². The van der Waals surface area contributed by atoms with Gasteiger partial charge in [-0.1, -0.05) is 67.1 Å². The van der Waals surface area contributed by atoms with Crippen molar-refractivity contribution in [3.63, 3.8) is 0 Å². The van der Waals surface area contributed by atoms with Gasteiger partial charge in [0.05, 0.1) is 27.9 Å². The molecule has 0 saturated heterocycles. The van der Waals surface area contributed by atoms with Crippen molar-refractivity contribution in [1.29, 1.82) is 0 Å². The van der Waals surface area contributed by atoms with Crippen molar-refractivity contribution in [3.05, 3.63) is 65.9 Å². The van der Waals surface area contributed by atoms with Crippen LogP contribution in [0.2, 0.25) is 19.6 Å². The summed E-state index contributed by atoms with van der Waals surface area (Å²) in [5.74, 6) is 3.15. The molecular formula is C20H20N2O3SSi. The molecule has 0 radical (unpaired) electrons. The number of benzene rings is 2. The molecule has 1 aromatic heterocycles. The number of rotatable bonds is 3. The SMILES string of the molecule is C[Si](C)(C)C#Cc1c(/C=N/O)n(S(=O)(=O)c2ccccc2)c2ccccc12. The van der Waals surface area contributed by atoms with Crippen LogP contribution in [0, 0.1) is 11.5 Å². The summed E-state index contributed by atoms with van der Waals surface area (Å²) in [6.45, 7) is 6.33. The van der Waals surface area contributed by atoms with Gasteiger partial charge in [0, 0.05) is 5.39 Å². The molecule has 0 amide bonds. The molecule has 27 heavy (non-hydrogen) atoms. The summed E-state index contributed by atoms with van der Waals surface area (Å²) in [6.07, 6.45) is 1.13. The number of para-hydroxylation sites is 1. The van der Waals surface area contributed by atoms with Crippen LogP contribution in [-0.4, -0.2) is 31.9 Å². The molecule has 0 saturated carbocycles. The van der Waals surface area contributed by atoms with Crippen LogP contribution in [0.1, 0.15) is 11.3 Å². The van der Waals surface area contributed by atoms with Crippen LogP contribution in [0.3, 0.4) is 0 Å². The highest BCUT2D eigenvalue weighted by atomic mass is 32.2. The molecule has 2 aromatic carbocycles. The Balaban J connectivity index is 2.43. The minimum atomic E-state index is -3.89. The van der Waals surface area contributed by atoms with Gasteiger partial charge in [-0.2, -0.15) is 0 Å². The third kappa shape index (κ3) is 3.68. The molecule has 0 atom stereocenters. The van der Waals surface area contributed by atoms with E-state index in [-0.39, 0.29) is 10.6 Å². The predicted octanol–water partition coefficient (Wildman–Crippen LogP) is 3.92. The van der Waals surface area contributed by atoms with Gasteiger partial charge in [-0.25, -0.2) is 12.4 Å². The molecule has 3 rings (SSSR count). The summed E-state index contributed by atoms with van der Waals surface area (Å²) in [5.41, 5.74) is 4.56. The molecule has 0 spiro atoms. The Morgan fingerprint density at radius 2 is 1.67 bits per heavy atom. The van der Waals surface area contributed by atoms with Crippen molar-refractivity contribution >= 4 is 35.2 Å². The van der Waals surface area contributed by atoms with Crippen LogP contribution in [0.15, 0.2) is 64.6 Å². The third-order valence-corrected chi connectivity index (χ3v) is 6.51. The first-order chi connectivity index (χ1) is 12.8. The van der Waals surface area contributed by atoms with Crippen LogP contribution in [0.5, 0.6) is 0 Å². The zero-order valence-corrected chi connectivity index (χ0v) is 17.2. The molecule has 5 nitrogen and oxygen atoms in total. The Morgan fingerprint density at radius 1 is 1.04 bits per heavy atom. The monoisotopic (exact) mass is 396 g/mol. The normalized spacial score (nSPS) is 12.3. The van der Waals surface area contributed by atoms with Crippen molar-refractivity contribution in [1.82, 2.24) is 3.97 Å². The summed E-state index contributed by atoms with van der Waals surface area (Å²) < 4.78 is 27.9. The Hall–Kier alpha value is -2.82. The maximum Gasteiger partial charge on any atom is 0.268 e. The van der Waals surface area contributed by atoms with E-state index in [2.05, 4.69) is 36.3 Å². The van der Waals surface area contributed by atoms with E-state index in [1.54, 1.807) is 30.3 Å². The summed E-state index contributed by atoms with van der Waals surface area (Å²) in [5, 5.41) is 13.0. The fourth-order valence-electron chi connectivity index (χ4n) is 2.74. The lowest BCUT2D eigenvalue weighted by atomic mass is 10.1. The zero-order chi connectivity index (χ0) is 19.7. The van der Waals surface area contributed by atoms with E-state index in [0.717, 1.165) is 6.21 Å². The maximum atomic E-state index is 13.3. The summed E-state index contributed by atoms with van der Waals surface area (Å²) in [7, 11) is -5.59. The van der Waals surface area contributed by atoms with E-state index in [9.17, 15) is 13.6 Å². The largest absolute Gasteiger partial charge is 0.411 e. The molecule has 1 N–H and O–H groups in total.